The van der Waals surface area contributed by atoms with Gasteiger partial charge in [0.1, 0.15) is 0 Å². The molecule has 0 amide bonds. The molecule has 3 atom stereocenters. The first kappa shape index (κ1) is 13.9. The van der Waals surface area contributed by atoms with Crippen LogP contribution in [0, 0.1) is 0 Å². The molecule has 0 aromatic heterocycles. The molecule has 1 saturated carbocycles. The van der Waals surface area contributed by atoms with E-state index >= 15 is 0 Å². The zero-order valence-corrected chi connectivity index (χ0v) is 11.0. The van der Waals surface area contributed by atoms with Gasteiger partial charge >= 0.3 is 0 Å². The highest BCUT2D eigenvalue weighted by Gasteiger charge is 2.39. The van der Waals surface area contributed by atoms with Crippen molar-refractivity contribution in [2.24, 2.45) is 0 Å². The van der Waals surface area contributed by atoms with Crippen LogP contribution in [0.2, 0.25) is 0 Å². The average molecular weight is 230 g/mol. The molecule has 2 N–H and O–H groups in total. The fourth-order valence-electron chi connectivity index (χ4n) is 2.61. The standard InChI is InChI=1S/C12H26N2O2/c1-10(8-16-4)14(3)11-5-6-12(7-11,9-15)13-2/h10-11,13,15H,5-9H2,1-4H3. The topological polar surface area (TPSA) is 44.7 Å². The van der Waals surface area contributed by atoms with E-state index in [0.29, 0.717) is 12.1 Å². The third kappa shape index (κ3) is 2.94. The fraction of sp³-hybridized carbons (Fsp3) is 1.00. The Bertz CT molecular complexity index is 207. The summed E-state index contributed by atoms with van der Waals surface area (Å²) in [5, 5.41) is 12.7. The highest BCUT2D eigenvalue weighted by atomic mass is 16.5. The number of ether oxygens (including phenoxy) is 1. The van der Waals surface area contributed by atoms with Gasteiger partial charge in [-0.05, 0) is 40.3 Å². The van der Waals surface area contributed by atoms with Gasteiger partial charge < -0.3 is 15.2 Å². The third-order valence-corrected chi connectivity index (χ3v) is 4.09. The van der Waals surface area contributed by atoms with Gasteiger partial charge in [0.2, 0.25) is 0 Å². The fourth-order valence-corrected chi connectivity index (χ4v) is 2.61. The first-order valence-electron chi connectivity index (χ1n) is 6.09. The summed E-state index contributed by atoms with van der Waals surface area (Å²) >= 11 is 0. The molecule has 0 aliphatic heterocycles. The number of methoxy groups -OCH3 is 1. The van der Waals surface area contributed by atoms with Crippen molar-refractivity contribution in [3.63, 3.8) is 0 Å². The SMILES string of the molecule is CNC1(CO)CCC(N(C)C(C)COC)C1. The lowest BCUT2D eigenvalue weighted by Gasteiger charge is -2.32. The number of likely N-dealkylation sites (N-methyl/N-ethyl adjacent to an activating group) is 2. The Morgan fingerprint density at radius 1 is 1.62 bits per heavy atom. The maximum Gasteiger partial charge on any atom is 0.0615 e. The average Bonchev–Trinajstić information content (AvgIpc) is 2.73. The molecule has 0 bridgehead atoms. The predicted octanol–water partition coefficient (Wildman–Crippen LogP) is 0.456. The minimum absolute atomic E-state index is 0.0638. The Kier molecular flexibility index (Phi) is 5.18. The summed E-state index contributed by atoms with van der Waals surface area (Å²) < 4.78 is 5.18. The number of aliphatic hydroxyl groups excluding tert-OH is 1. The van der Waals surface area contributed by atoms with Crippen LogP contribution in [0.4, 0.5) is 0 Å². The minimum atomic E-state index is -0.0638. The van der Waals surface area contributed by atoms with Gasteiger partial charge in [-0.1, -0.05) is 0 Å². The van der Waals surface area contributed by atoms with Crippen molar-refractivity contribution in [2.75, 3.05) is 34.4 Å². The molecule has 1 aliphatic rings. The third-order valence-electron chi connectivity index (χ3n) is 4.09. The van der Waals surface area contributed by atoms with Crippen LogP contribution in [0.3, 0.4) is 0 Å². The Balaban J connectivity index is 2.51. The van der Waals surface area contributed by atoms with E-state index in [1.807, 2.05) is 7.05 Å². The van der Waals surface area contributed by atoms with Crippen molar-refractivity contribution in [3.8, 4) is 0 Å². The molecule has 0 spiro atoms. The molecule has 0 aromatic carbocycles. The number of hydrogen-bond donors (Lipinski definition) is 2. The Hall–Kier alpha value is -0.160. The molecule has 0 saturated heterocycles. The van der Waals surface area contributed by atoms with Crippen LogP contribution in [0.25, 0.3) is 0 Å². The predicted molar refractivity (Wildman–Crippen MR) is 65.6 cm³/mol. The zero-order valence-electron chi connectivity index (χ0n) is 11.0. The summed E-state index contributed by atoms with van der Waals surface area (Å²) in [5.74, 6) is 0. The molecule has 1 aliphatic carbocycles. The molecule has 3 unspecified atom stereocenters. The number of rotatable bonds is 6. The van der Waals surface area contributed by atoms with Gasteiger partial charge in [0.05, 0.1) is 13.2 Å². The molecule has 96 valence electrons. The molecule has 4 nitrogen and oxygen atoms in total. The van der Waals surface area contributed by atoms with Gasteiger partial charge in [-0.15, -0.1) is 0 Å². The largest absolute Gasteiger partial charge is 0.394 e. The zero-order chi connectivity index (χ0) is 12.2. The van der Waals surface area contributed by atoms with E-state index in [1.165, 1.54) is 0 Å². The van der Waals surface area contributed by atoms with Gasteiger partial charge in [0.25, 0.3) is 0 Å². The number of aliphatic hydroxyl groups is 1. The number of nitrogens with zero attached hydrogens (tertiary/aromatic N) is 1. The van der Waals surface area contributed by atoms with Crippen molar-refractivity contribution in [1.29, 1.82) is 0 Å². The lowest BCUT2D eigenvalue weighted by Crippen LogP contribution is -2.47. The van der Waals surface area contributed by atoms with E-state index in [1.54, 1.807) is 7.11 Å². The number of hydrogen-bond acceptors (Lipinski definition) is 4. The monoisotopic (exact) mass is 230 g/mol. The quantitative estimate of drug-likeness (QED) is 0.696. The van der Waals surface area contributed by atoms with Gasteiger partial charge in [-0.25, -0.2) is 0 Å². The van der Waals surface area contributed by atoms with E-state index < -0.39 is 0 Å². The highest BCUT2D eigenvalue weighted by Crippen LogP contribution is 2.32. The highest BCUT2D eigenvalue weighted by molar-refractivity contribution is 4.98. The molecule has 0 aromatic rings. The van der Waals surface area contributed by atoms with Crippen molar-refractivity contribution in [2.45, 2.75) is 43.8 Å². The van der Waals surface area contributed by atoms with Crippen molar-refractivity contribution in [3.05, 3.63) is 0 Å². The molecular formula is C12H26N2O2. The van der Waals surface area contributed by atoms with Gasteiger partial charge in [0, 0.05) is 24.7 Å². The van der Waals surface area contributed by atoms with Gasteiger partial charge in [0.15, 0.2) is 0 Å². The molecule has 16 heavy (non-hydrogen) atoms. The lowest BCUT2D eigenvalue weighted by molar-refractivity contribution is 0.0842. The first-order chi connectivity index (χ1) is 7.58. The smallest absolute Gasteiger partial charge is 0.0615 e. The Morgan fingerprint density at radius 3 is 2.75 bits per heavy atom. The summed E-state index contributed by atoms with van der Waals surface area (Å²) in [4.78, 5) is 2.37. The van der Waals surface area contributed by atoms with Gasteiger partial charge in [-0.3, -0.25) is 4.90 Å². The molecule has 0 radical (unpaired) electrons. The van der Waals surface area contributed by atoms with Crippen molar-refractivity contribution < 1.29 is 9.84 Å². The van der Waals surface area contributed by atoms with Crippen molar-refractivity contribution >= 4 is 0 Å². The summed E-state index contributed by atoms with van der Waals surface area (Å²) in [5.41, 5.74) is -0.0638. The summed E-state index contributed by atoms with van der Waals surface area (Å²) in [6.07, 6.45) is 3.21. The second kappa shape index (κ2) is 5.96. The molecule has 1 fully saturated rings. The van der Waals surface area contributed by atoms with Crippen LogP contribution in [-0.4, -0.2) is 62.0 Å². The minimum Gasteiger partial charge on any atom is -0.394 e. The molecular weight excluding hydrogens is 204 g/mol. The van der Waals surface area contributed by atoms with Crippen molar-refractivity contribution in [1.82, 2.24) is 10.2 Å². The van der Waals surface area contributed by atoms with Gasteiger partial charge in [-0.2, -0.15) is 0 Å². The Labute approximate surface area is 99.0 Å². The van der Waals surface area contributed by atoms with Crippen LogP contribution >= 0.6 is 0 Å². The molecule has 0 heterocycles. The second-order valence-electron chi connectivity index (χ2n) is 5.05. The summed E-state index contributed by atoms with van der Waals surface area (Å²) in [6, 6.07) is 0.978. The van der Waals surface area contributed by atoms with E-state index in [4.69, 9.17) is 4.74 Å². The summed E-state index contributed by atoms with van der Waals surface area (Å²) in [7, 11) is 5.83. The maximum absolute atomic E-state index is 9.45. The lowest BCUT2D eigenvalue weighted by atomic mass is 9.99. The molecule has 1 rings (SSSR count). The van der Waals surface area contributed by atoms with Crippen LogP contribution in [-0.2, 0) is 4.74 Å². The first-order valence-corrected chi connectivity index (χ1v) is 6.09. The van der Waals surface area contributed by atoms with E-state index in [0.717, 1.165) is 25.9 Å². The van der Waals surface area contributed by atoms with Crippen LogP contribution in [0.5, 0.6) is 0 Å². The Morgan fingerprint density at radius 2 is 2.31 bits per heavy atom. The molecule has 4 heteroatoms. The van der Waals surface area contributed by atoms with Crippen LogP contribution in [0.15, 0.2) is 0 Å². The maximum atomic E-state index is 9.45. The van der Waals surface area contributed by atoms with E-state index in [2.05, 4.69) is 24.2 Å². The van der Waals surface area contributed by atoms with E-state index in [9.17, 15) is 5.11 Å². The number of nitrogens with one attached hydrogen (secondary N) is 1. The summed E-state index contributed by atoms with van der Waals surface area (Å²) in [6.45, 7) is 3.17. The normalized spacial score (nSPS) is 32.2. The van der Waals surface area contributed by atoms with Crippen LogP contribution < -0.4 is 5.32 Å². The van der Waals surface area contributed by atoms with E-state index in [-0.39, 0.29) is 12.1 Å². The second-order valence-corrected chi connectivity index (χ2v) is 5.05. The van der Waals surface area contributed by atoms with Crippen LogP contribution in [0.1, 0.15) is 26.2 Å².